The molecule has 0 bridgehead atoms. The van der Waals surface area contributed by atoms with Gasteiger partial charge in [0.1, 0.15) is 0 Å². The number of rotatable bonds is 1. The number of urea groups is 1. The number of hydrogen-bond donors (Lipinski definition) is 2. The van der Waals surface area contributed by atoms with Gasteiger partial charge in [0, 0.05) is 12.1 Å². The second-order valence-corrected chi connectivity index (χ2v) is 5.51. The van der Waals surface area contributed by atoms with Crippen LogP contribution in [0.4, 0.5) is 4.79 Å². The number of hydrogen-bond acceptors (Lipinski definition) is 2. The van der Waals surface area contributed by atoms with Crippen molar-refractivity contribution in [3.05, 3.63) is 0 Å². The van der Waals surface area contributed by atoms with Crippen molar-refractivity contribution in [3.8, 4) is 0 Å². The predicted octanol–water partition coefficient (Wildman–Crippen LogP) is 1.65. The van der Waals surface area contributed by atoms with E-state index in [1.165, 1.54) is 0 Å². The first-order chi connectivity index (χ1) is 6.73. The molecule has 0 aromatic heterocycles. The molecule has 15 heavy (non-hydrogen) atoms. The van der Waals surface area contributed by atoms with Gasteiger partial charge in [-0.05, 0) is 41.0 Å². The molecule has 0 aromatic carbocycles. The van der Waals surface area contributed by atoms with E-state index in [0.29, 0.717) is 6.61 Å². The maximum atomic E-state index is 11.7. The summed E-state index contributed by atoms with van der Waals surface area (Å²) in [4.78, 5) is 11.7. The largest absolute Gasteiger partial charge is 0.376 e. The van der Waals surface area contributed by atoms with Crippen LogP contribution in [0.15, 0.2) is 0 Å². The maximum absolute atomic E-state index is 11.7. The lowest BCUT2D eigenvalue weighted by molar-refractivity contribution is 0.0907. The van der Waals surface area contributed by atoms with E-state index in [1.807, 2.05) is 34.6 Å². The van der Waals surface area contributed by atoms with Crippen molar-refractivity contribution in [2.75, 3.05) is 6.61 Å². The van der Waals surface area contributed by atoms with E-state index in [9.17, 15) is 4.79 Å². The Morgan fingerprint density at radius 3 is 2.47 bits per heavy atom. The molecule has 2 amide bonds. The molecule has 2 unspecified atom stereocenters. The van der Waals surface area contributed by atoms with Gasteiger partial charge in [0.25, 0.3) is 0 Å². The highest BCUT2D eigenvalue weighted by molar-refractivity contribution is 5.75. The van der Waals surface area contributed by atoms with Gasteiger partial charge in [-0.1, -0.05) is 0 Å². The third-order valence-electron chi connectivity index (χ3n) is 2.77. The Morgan fingerprint density at radius 1 is 1.47 bits per heavy atom. The van der Waals surface area contributed by atoms with Crippen molar-refractivity contribution in [1.29, 1.82) is 0 Å². The van der Waals surface area contributed by atoms with Crippen molar-refractivity contribution in [3.63, 3.8) is 0 Å². The molecule has 4 heteroatoms. The Bertz CT molecular complexity index is 247. The van der Waals surface area contributed by atoms with Gasteiger partial charge in [0.05, 0.1) is 11.6 Å². The average Bonchev–Trinajstić information content (AvgIpc) is 2.27. The Balaban J connectivity index is 2.51. The van der Waals surface area contributed by atoms with E-state index in [2.05, 4.69) is 10.6 Å². The molecule has 0 radical (unpaired) electrons. The van der Waals surface area contributed by atoms with Crippen LogP contribution in [0.1, 0.15) is 41.0 Å². The van der Waals surface area contributed by atoms with Crippen LogP contribution >= 0.6 is 0 Å². The van der Waals surface area contributed by atoms with Crippen LogP contribution in [0.2, 0.25) is 0 Å². The van der Waals surface area contributed by atoms with Gasteiger partial charge in [0.15, 0.2) is 0 Å². The number of carbonyl (C=O) groups is 1. The molecular formula is C11H22N2O2. The summed E-state index contributed by atoms with van der Waals surface area (Å²) in [6.07, 6.45) is 0.939. The number of ether oxygens (including phenoxy) is 1. The van der Waals surface area contributed by atoms with E-state index in [1.54, 1.807) is 0 Å². The van der Waals surface area contributed by atoms with Crippen molar-refractivity contribution in [2.45, 2.75) is 58.2 Å². The highest BCUT2D eigenvalue weighted by atomic mass is 16.5. The summed E-state index contributed by atoms with van der Waals surface area (Å²) in [5.41, 5.74) is -0.446. The zero-order valence-electron chi connectivity index (χ0n) is 10.3. The average molecular weight is 214 g/mol. The number of amides is 2. The summed E-state index contributed by atoms with van der Waals surface area (Å²) in [5.74, 6) is 0. The monoisotopic (exact) mass is 214 g/mol. The van der Waals surface area contributed by atoms with Crippen molar-refractivity contribution < 1.29 is 9.53 Å². The number of nitrogens with one attached hydrogen (secondary N) is 2. The lowest BCUT2D eigenvalue weighted by Crippen LogP contribution is -2.57. The Morgan fingerprint density at radius 2 is 2.07 bits per heavy atom. The van der Waals surface area contributed by atoms with Gasteiger partial charge in [0.2, 0.25) is 0 Å². The van der Waals surface area contributed by atoms with E-state index in [-0.39, 0.29) is 23.2 Å². The minimum Gasteiger partial charge on any atom is -0.376 e. The number of carbonyl (C=O) groups excluding carboxylic acids is 1. The summed E-state index contributed by atoms with van der Waals surface area (Å²) in [5, 5.41) is 5.87. The molecule has 2 atom stereocenters. The molecule has 0 aromatic rings. The SMILES string of the molecule is CC1OCCC1(C)NC(=O)NC(C)(C)C. The topological polar surface area (TPSA) is 50.4 Å². The molecule has 1 rings (SSSR count). The lowest BCUT2D eigenvalue weighted by atomic mass is 9.95. The van der Waals surface area contributed by atoms with Crippen molar-refractivity contribution in [1.82, 2.24) is 10.6 Å². The standard InChI is InChI=1S/C11H22N2O2/c1-8-11(5,6-7-15-8)13-9(14)12-10(2,3)4/h8H,6-7H2,1-5H3,(H2,12,13,14). The van der Waals surface area contributed by atoms with Crippen LogP contribution in [0.5, 0.6) is 0 Å². The first-order valence-corrected chi connectivity index (χ1v) is 5.45. The summed E-state index contributed by atoms with van der Waals surface area (Å²) in [6.45, 7) is 10.6. The Hall–Kier alpha value is -0.770. The Labute approximate surface area is 91.8 Å². The third kappa shape index (κ3) is 3.38. The van der Waals surface area contributed by atoms with Crippen LogP contribution in [0.3, 0.4) is 0 Å². The van der Waals surface area contributed by atoms with Crippen LogP contribution in [0, 0.1) is 0 Å². The fourth-order valence-electron chi connectivity index (χ4n) is 1.63. The predicted molar refractivity (Wildman–Crippen MR) is 59.9 cm³/mol. The minimum atomic E-state index is -0.241. The molecule has 1 aliphatic heterocycles. The molecule has 0 aliphatic carbocycles. The highest BCUT2D eigenvalue weighted by Crippen LogP contribution is 2.24. The van der Waals surface area contributed by atoms with Crippen molar-refractivity contribution >= 4 is 6.03 Å². The van der Waals surface area contributed by atoms with Gasteiger partial charge in [-0.2, -0.15) is 0 Å². The smallest absolute Gasteiger partial charge is 0.315 e. The fourth-order valence-corrected chi connectivity index (χ4v) is 1.63. The first-order valence-electron chi connectivity index (χ1n) is 5.45. The zero-order valence-corrected chi connectivity index (χ0v) is 10.3. The van der Waals surface area contributed by atoms with E-state index < -0.39 is 0 Å². The quantitative estimate of drug-likeness (QED) is 0.697. The molecule has 2 N–H and O–H groups in total. The van der Waals surface area contributed by atoms with Gasteiger partial charge in [-0.15, -0.1) is 0 Å². The Kier molecular flexibility index (Phi) is 3.28. The summed E-state index contributed by atoms with van der Waals surface area (Å²) in [6, 6.07) is -0.123. The van der Waals surface area contributed by atoms with Crippen molar-refractivity contribution in [2.24, 2.45) is 0 Å². The summed E-state index contributed by atoms with van der Waals surface area (Å²) in [7, 11) is 0. The van der Waals surface area contributed by atoms with Crippen LogP contribution in [-0.2, 0) is 4.74 Å². The van der Waals surface area contributed by atoms with Crippen LogP contribution in [-0.4, -0.2) is 29.8 Å². The van der Waals surface area contributed by atoms with Crippen LogP contribution in [0.25, 0.3) is 0 Å². The first kappa shape index (κ1) is 12.3. The van der Waals surface area contributed by atoms with Gasteiger partial charge < -0.3 is 15.4 Å². The second kappa shape index (κ2) is 4.00. The van der Waals surface area contributed by atoms with E-state index in [0.717, 1.165) is 6.42 Å². The van der Waals surface area contributed by atoms with Gasteiger partial charge in [-0.25, -0.2) is 4.79 Å². The molecule has 1 fully saturated rings. The zero-order chi connectivity index (χ0) is 11.7. The fraction of sp³-hybridized carbons (Fsp3) is 0.909. The molecule has 4 nitrogen and oxygen atoms in total. The van der Waals surface area contributed by atoms with E-state index in [4.69, 9.17) is 4.74 Å². The summed E-state index contributed by atoms with van der Waals surface area (Å²) < 4.78 is 5.46. The molecule has 1 saturated heterocycles. The van der Waals surface area contributed by atoms with E-state index >= 15 is 0 Å². The summed E-state index contributed by atoms with van der Waals surface area (Å²) >= 11 is 0. The normalized spacial score (nSPS) is 31.4. The lowest BCUT2D eigenvalue weighted by Gasteiger charge is -2.31. The molecule has 1 heterocycles. The third-order valence-corrected chi connectivity index (χ3v) is 2.77. The highest BCUT2D eigenvalue weighted by Gasteiger charge is 2.38. The van der Waals surface area contributed by atoms with Gasteiger partial charge in [-0.3, -0.25) is 0 Å². The van der Waals surface area contributed by atoms with Gasteiger partial charge >= 0.3 is 6.03 Å². The molecule has 0 saturated carbocycles. The molecular weight excluding hydrogens is 192 g/mol. The molecule has 1 aliphatic rings. The van der Waals surface area contributed by atoms with Crippen LogP contribution < -0.4 is 10.6 Å². The molecule has 88 valence electrons. The minimum absolute atomic E-state index is 0.0724. The molecule has 0 spiro atoms. The maximum Gasteiger partial charge on any atom is 0.315 e. The second-order valence-electron chi connectivity index (χ2n) is 5.51.